The SMILES string of the molecule is CC(C)(C)CCNS(=O)(=O)c1ccc(N)cc1. The van der Waals surface area contributed by atoms with Crippen LogP contribution < -0.4 is 10.5 Å². The van der Waals surface area contributed by atoms with Crippen molar-refractivity contribution in [2.24, 2.45) is 5.41 Å². The molecule has 0 amide bonds. The third-order valence-corrected chi connectivity index (χ3v) is 3.83. The highest BCUT2D eigenvalue weighted by atomic mass is 32.2. The van der Waals surface area contributed by atoms with E-state index in [9.17, 15) is 8.42 Å². The van der Waals surface area contributed by atoms with Crippen molar-refractivity contribution in [1.29, 1.82) is 0 Å². The molecule has 0 radical (unpaired) electrons. The Morgan fingerprint density at radius 1 is 1.18 bits per heavy atom. The lowest BCUT2D eigenvalue weighted by molar-refractivity contribution is 0.378. The van der Waals surface area contributed by atoms with Gasteiger partial charge in [-0.2, -0.15) is 0 Å². The highest BCUT2D eigenvalue weighted by molar-refractivity contribution is 7.89. The number of nitrogen functional groups attached to an aromatic ring is 1. The van der Waals surface area contributed by atoms with Crippen LogP contribution in [0.4, 0.5) is 5.69 Å². The Morgan fingerprint density at radius 3 is 2.18 bits per heavy atom. The van der Waals surface area contributed by atoms with Crippen LogP contribution in [0.2, 0.25) is 0 Å². The van der Waals surface area contributed by atoms with Gasteiger partial charge < -0.3 is 5.73 Å². The topological polar surface area (TPSA) is 72.2 Å². The molecule has 1 rings (SSSR count). The third kappa shape index (κ3) is 4.75. The number of sulfonamides is 1. The molecule has 0 aromatic heterocycles. The smallest absolute Gasteiger partial charge is 0.240 e. The molecule has 17 heavy (non-hydrogen) atoms. The Morgan fingerprint density at radius 2 is 1.71 bits per heavy atom. The second-order valence-electron chi connectivity index (χ2n) is 5.28. The summed E-state index contributed by atoms with van der Waals surface area (Å²) >= 11 is 0. The minimum Gasteiger partial charge on any atom is -0.399 e. The fourth-order valence-electron chi connectivity index (χ4n) is 1.29. The quantitative estimate of drug-likeness (QED) is 0.809. The average Bonchev–Trinajstić information content (AvgIpc) is 2.15. The molecule has 0 aliphatic rings. The molecule has 96 valence electrons. The van der Waals surface area contributed by atoms with Gasteiger partial charge in [-0.25, -0.2) is 13.1 Å². The van der Waals surface area contributed by atoms with Gasteiger partial charge in [0, 0.05) is 12.2 Å². The number of anilines is 1. The van der Waals surface area contributed by atoms with Gasteiger partial charge in [-0.3, -0.25) is 0 Å². The fourth-order valence-corrected chi connectivity index (χ4v) is 2.32. The van der Waals surface area contributed by atoms with Gasteiger partial charge >= 0.3 is 0 Å². The Kier molecular flexibility index (Phi) is 4.16. The number of hydrogen-bond donors (Lipinski definition) is 2. The minimum atomic E-state index is -3.41. The number of benzene rings is 1. The number of hydrogen-bond acceptors (Lipinski definition) is 3. The van der Waals surface area contributed by atoms with E-state index < -0.39 is 10.0 Å². The van der Waals surface area contributed by atoms with Crippen molar-refractivity contribution >= 4 is 15.7 Å². The van der Waals surface area contributed by atoms with Crippen LogP contribution in [0.3, 0.4) is 0 Å². The van der Waals surface area contributed by atoms with Crippen LogP contribution in [-0.4, -0.2) is 15.0 Å². The third-order valence-electron chi connectivity index (χ3n) is 2.36. The lowest BCUT2D eigenvalue weighted by Gasteiger charge is -2.18. The number of nitrogens with one attached hydrogen (secondary N) is 1. The van der Waals surface area contributed by atoms with Crippen molar-refractivity contribution in [2.75, 3.05) is 12.3 Å². The molecular formula is C12H20N2O2S. The molecule has 5 heteroatoms. The summed E-state index contributed by atoms with van der Waals surface area (Å²) in [4.78, 5) is 0.251. The van der Waals surface area contributed by atoms with Gasteiger partial charge in [-0.15, -0.1) is 0 Å². The van der Waals surface area contributed by atoms with E-state index in [-0.39, 0.29) is 10.3 Å². The normalized spacial score (nSPS) is 12.6. The van der Waals surface area contributed by atoms with Crippen LogP contribution in [0, 0.1) is 5.41 Å². The van der Waals surface area contributed by atoms with Crippen LogP contribution in [-0.2, 0) is 10.0 Å². The van der Waals surface area contributed by atoms with E-state index >= 15 is 0 Å². The van der Waals surface area contributed by atoms with E-state index in [0.29, 0.717) is 12.2 Å². The summed E-state index contributed by atoms with van der Waals surface area (Å²) in [5, 5.41) is 0. The predicted octanol–water partition coefficient (Wildman–Crippen LogP) is 1.98. The molecule has 0 atom stereocenters. The molecule has 1 aromatic rings. The van der Waals surface area contributed by atoms with Crippen LogP contribution in [0.1, 0.15) is 27.2 Å². The van der Waals surface area contributed by atoms with Gasteiger partial charge in [0.05, 0.1) is 4.90 Å². The van der Waals surface area contributed by atoms with Crippen molar-refractivity contribution in [3.63, 3.8) is 0 Å². The number of rotatable bonds is 4. The molecule has 0 bridgehead atoms. The minimum absolute atomic E-state index is 0.115. The van der Waals surface area contributed by atoms with Crippen molar-refractivity contribution in [2.45, 2.75) is 32.1 Å². The summed E-state index contributed by atoms with van der Waals surface area (Å²) < 4.78 is 26.3. The van der Waals surface area contributed by atoms with Gasteiger partial charge in [0.2, 0.25) is 10.0 Å². The summed E-state index contributed by atoms with van der Waals surface area (Å²) in [6, 6.07) is 6.18. The van der Waals surface area contributed by atoms with E-state index in [1.165, 1.54) is 12.1 Å². The lowest BCUT2D eigenvalue weighted by Crippen LogP contribution is -2.27. The van der Waals surface area contributed by atoms with Crippen LogP contribution in [0.5, 0.6) is 0 Å². The summed E-state index contributed by atoms with van der Waals surface area (Å²) in [6.07, 6.45) is 0.793. The fraction of sp³-hybridized carbons (Fsp3) is 0.500. The molecule has 0 aliphatic heterocycles. The first-order valence-electron chi connectivity index (χ1n) is 5.56. The van der Waals surface area contributed by atoms with Gasteiger partial charge in [-0.05, 0) is 36.1 Å². The van der Waals surface area contributed by atoms with E-state index in [2.05, 4.69) is 25.5 Å². The largest absolute Gasteiger partial charge is 0.399 e. The second kappa shape index (κ2) is 5.06. The Balaban J connectivity index is 2.66. The van der Waals surface area contributed by atoms with Gasteiger partial charge in [0.25, 0.3) is 0 Å². The summed E-state index contributed by atoms with van der Waals surface area (Å²) in [5.74, 6) is 0. The molecule has 3 N–H and O–H groups in total. The summed E-state index contributed by atoms with van der Waals surface area (Å²) in [6.45, 7) is 6.66. The van der Waals surface area contributed by atoms with Crippen molar-refractivity contribution in [3.05, 3.63) is 24.3 Å². The van der Waals surface area contributed by atoms with E-state index in [1.54, 1.807) is 12.1 Å². The summed E-state index contributed by atoms with van der Waals surface area (Å²) in [7, 11) is -3.41. The van der Waals surface area contributed by atoms with E-state index in [0.717, 1.165) is 6.42 Å². The van der Waals surface area contributed by atoms with Crippen LogP contribution in [0.15, 0.2) is 29.2 Å². The van der Waals surface area contributed by atoms with E-state index in [1.807, 2.05) is 0 Å². The van der Waals surface area contributed by atoms with Crippen LogP contribution in [0.25, 0.3) is 0 Å². The Labute approximate surface area is 103 Å². The molecule has 0 unspecified atom stereocenters. The maximum Gasteiger partial charge on any atom is 0.240 e. The lowest BCUT2D eigenvalue weighted by atomic mass is 9.93. The van der Waals surface area contributed by atoms with Crippen molar-refractivity contribution < 1.29 is 8.42 Å². The van der Waals surface area contributed by atoms with Gasteiger partial charge in [0.1, 0.15) is 0 Å². The first kappa shape index (κ1) is 14.0. The highest BCUT2D eigenvalue weighted by Crippen LogP contribution is 2.18. The zero-order chi connectivity index (χ0) is 13.1. The maximum atomic E-state index is 11.9. The Hall–Kier alpha value is -1.07. The molecule has 0 spiro atoms. The number of nitrogens with two attached hydrogens (primary N) is 1. The second-order valence-corrected chi connectivity index (χ2v) is 7.04. The molecule has 0 saturated heterocycles. The predicted molar refractivity (Wildman–Crippen MR) is 70.1 cm³/mol. The standard InChI is InChI=1S/C12H20N2O2S/c1-12(2,3)8-9-14-17(15,16)11-6-4-10(13)5-7-11/h4-7,14H,8-9,13H2,1-3H3. The molecule has 0 heterocycles. The molecule has 4 nitrogen and oxygen atoms in total. The van der Waals surface area contributed by atoms with Crippen molar-refractivity contribution in [3.8, 4) is 0 Å². The zero-order valence-electron chi connectivity index (χ0n) is 10.5. The van der Waals surface area contributed by atoms with E-state index in [4.69, 9.17) is 5.73 Å². The van der Waals surface area contributed by atoms with Crippen LogP contribution >= 0.6 is 0 Å². The molecule has 0 saturated carbocycles. The van der Waals surface area contributed by atoms with Gasteiger partial charge in [0.15, 0.2) is 0 Å². The molecule has 0 fully saturated rings. The molecule has 0 aliphatic carbocycles. The zero-order valence-corrected chi connectivity index (χ0v) is 11.3. The van der Waals surface area contributed by atoms with Crippen molar-refractivity contribution in [1.82, 2.24) is 4.72 Å². The summed E-state index contributed by atoms with van der Waals surface area (Å²) in [5.41, 5.74) is 6.18. The maximum absolute atomic E-state index is 11.9. The molecular weight excluding hydrogens is 236 g/mol. The first-order chi connectivity index (χ1) is 7.71. The highest BCUT2D eigenvalue weighted by Gasteiger charge is 2.15. The molecule has 1 aromatic carbocycles. The Bertz CT molecular complexity index is 458. The first-order valence-corrected chi connectivity index (χ1v) is 7.04. The van der Waals surface area contributed by atoms with Gasteiger partial charge in [-0.1, -0.05) is 20.8 Å². The monoisotopic (exact) mass is 256 g/mol. The average molecular weight is 256 g/mol.